The Morgan fingerprint density at radius 3 is 2.72 bits per heavy atom. The van der Waals surface area contributed by atoms with E-state index in [1.807, 2.05) is 0 Å². The minimum absolute atomic E-state index is 0.120. The third-order valence-electron chi connectivity index (χ3n) is 3.21. The maximum atomic E-state index is 12.8. The smallest absolute Gasteiger partial charge is 0.419 e. The molecule has 100 valence electrons. The Balaban J connectivity index is 2.22. The van der Waals surface area contributed by atoms with Crippen molar-refractivity contribution >= 4 is 0 Å². The Morgan fingerprint density at radius 2 is 2.17 bits per heavy atom. The van der Waals surface area contributed by atoms with E-state index >= 15 is 0 Å². The number of halogens is 3. The fraction of sp³-hybridized carbons (Fsp3) is 0.538. The highest BCUT2D eigenvalue weighted by atomic mass is 19.4. The minimum Gasteiger partial charge on any atom is -0.496 e. The van der Waals surface area contributed by atoms with Crippen LogP contribution in [0.2, 0.25) is 0 Å². The first-order valence-electron chi connectivity index (χ1n) is 5.98. The van der Waals surface area contributed by atoms with Gasteiger partial charge in [-0.05, 0) is 43.5 Å². The summed E-state index contributed by atoms with van der Waals surface area (Å²) in [6.45, 7) is 0.951. The predicted octanol–water partition coefficient (Wildman–Crippen LogP) is 3.01. The van der Waals surface area contributed by atoms with Gasteiger partial charge in [-0.2, -0.15) is 13.2 Å². The summed E-state index contributed by atoms with van der Waals surface area (Å²) >= 11 is 0. The molecule has 18 heavy (non-hydrogen) atoms. The molecular weight excluding hydrogens is 243 g/mol. The molecule has 1 saturated heterocycles. The highest BCUT2D eigenvalue weighted by molar-refractivity contribution is 5.39. The van der Waals surface area contributed by atoms with E-state index < -0.39 is 11.7 Å². The van der Waals surface area contributed by atoms with Crippen molar-refractivity contribution in [3.8, 4) is 5.75 Å². The number of alkyl halides is 3. The van der Waals surface area contributed by atoms with Gasteiger partial charge in [-0.15, -0.1) is 0 Å². The fourth-order valence-corrected chi connectivity index (χ4v) is 2.32. The summed E-state index contributed by atoms with van der Waals surface area (Å²) in [5.74, 6) is -0.120. The molecule has 1 aliphatic rings. The van der Waals surface area contributed by atoms with Gasteiger partial charge in [-0.3, -0.25) is 0 Å². The first-order chi connectivity index (χ1) is 8.50. The molecule has 0 aliphatic carbocycles. The number of ether oxygens (including phenoxy) is 1. The zero-order chi connectivity index (χ0) is 13.2. The van der Waals surface area contributed by atoms with E-state index in [0.717, 1.165) is 19.4 Å². The van der Waals surface area contributed by atoms with Crippen LogP contribution in [0.4, 0.5) is 13.2 Å². The van der Waals surface area contributed by atoms with Gasteiger partial charge < -0.3 is 10.1 Å². The average molecular weight is 259 g/mol. The molecule has 1 atom stereocenters. The molecule has 0 bridgehead atoms. The van der Waals surface area contributed by atoms with E-state index in [1.54, 1.807) is 6.07 Å². The zero-order valence-corrected chi connectivity index (χ0v) is 10.2. The van der Waals surface area contributed by atoms with Crippen LogP contribution in [-0.4, -0.2) is 19.7 Å². The van der Waals surface area contributed by atoms with Crippen molar-refractivity contribution in [2.24, 2.45) is 0 Å². The van der Waals surface area contributed by atoms with Crippen molar-refractivity contribution in [2.75, 3.05) is 13.7 Å². The highest BCUT2D eigenvalue weighted by Gasteiger charge is 2.34. The maximum absolute atomic E-state index is 12.8. The Bertz CT molecular complexity index is 411. The van der Waals surface area contributed by atoms with Gasteiger partial charge in [0.15, 0.2) is 0 Å². The number of rotatable bonds is 3. The van der Waals surface area contributed by atoms with Crippen LogP contribution >= 0.6 is 0 Å². The Morgan fingerprint density at radius 1 is 1.39 bits per heavy atom. The molecule has 1 unspecified atom stereocenters. The van der Waals surface area contributed by atoms with Crippen LogP contribution in [0.1, 0.15) is 24.0 Å². The van der Waals surface area contributed by atoms with Gasteiger partial charge in [0.2, 0.25) is 0 Å². The van der Waals surface area contributed by atoms with Gasteiger partial charge in [0.05, 0.1) is 12.7 Å². The standard InChI is InChI=1S/C13H16F3NO/c1-18-12-5-4-9(7-10-3-2-6-17-10)8-11(12)13(14,15)16/h4-5,8,10,17H,2-3,6-7H2,1H3. The SMILES string of the molecule is COc1ccc(CC2CCCN2)cc1C(F)(F)F. The third-order valence-corrected chi connectivity index (χ3v) is 3.21. The molecule has 1 aliphatic heterocycles. The number of hydrogen-bond donors (Lipinski definition) is 1. The van der Waals surface area contributed by atoms with Crippen molar-refractivity contribution in [1.82, 2.24) is 5.32 Å². The third kappa shape index (κ3) is 2.96. The highest BCUT2D eigenvalue weighted by Crippen LogP contribution is 2.36. The molecule has 0 aromatic heterocycles. The summed E-state index contributed by atoms with van der Waals surface area (Å²) in [7, 11) is 1.25. The van der Waals surface area contributed by atoms with E-state index in [9.17, 15) is 13.2 Å². The second-order valence-electron chi connectivity index (χ2n) is 4.53. The summed E-state index contributed by atoms with van der Waals surface area (Å²) in [6.07, 6.45) is -1.63. The Hall–Kier alpha value is -1.23. The molecule has 0 spiro atoms. The van der Waals surface area contributed by atoms with Crippen LogP contribution in [0.5, 0.6) is 5.75 Å². The number of nitrogens with one attached hydrogen (secondary N) is 1. The lowest BCUT2D eigenvalue weighted by Gasteiger charge is -2.15. The van der Waals surface area contributed by atoms with Crippen LogP contribution in [-0.2, 0) is 12.6 Å². The first-order valence-corrected chi connectivity index (χ1v) is 5.98. The summed E-state index contributed by atoms with van der Waals surface area (Å²) in [5, 5.41) is 3.28. The summed E-state index contributed by atoms with van der Waals surface area (Å²) < 4.78 is 43.3. The Labute approximate surface area is 104 Å². The summed E-state index contributed by atoms with van der Waals surface area (Å²) in [4.78, 5) is 0. The van der Waals surface area contributed by atoms with Crippen molar-refractivity contribution in [2.45, 2.75) is 31.5 Å². The van der Waals surface area contributed by atoms with E-state index in [0.29, 0.717) is 18.0 Å². The van der Waals surface area contributed by atoms with Crippen molar-refractivity contribution in [1.29, 1.82) is 0 Å². The maximum Gasteiger partial charge on any atom is 0.419 e. The van der Waals surface area contributed by atoms with E-state index in [2.05, 4.69) is 5.32 Å². The molecule has 2 rings (SSSR count). The van der Waals surface area contributed by atoms with Crippen molar-refractivity contribution in [3.05, 3.63) is 29.3 Å². The normalized spacial score (nSPS) is 20.1. The van der Waals surface area contributed by atoms with Gasteiger partial charge in [-0.25, -0.2) is 0 Å². The van der Waals surface area contributed by atoms with Crippen LogP contribution < -0.4 is 10.1 Å². The van der Waals surface area contributed by atoms with Gasteiger partial charge in [0, 0.05) is 6.04 Å². The molecule has 1 fully saturated rings. The average Bonchev–Trinajstić information content (AvgIpc) is 2.80. The largest absolute Gasteiger partial charge is 0.496 e. The predicted molar refractivity (Wildman–Crippen MR) is 62.7 cm³/mol. The molecule has 1 heterocycles. The van der Waals surface area contributed by atoms with E-state index in [1.165, 1.54) is 19.2 Å². The van der Waals surface area contributed by atoms with Gasteiger partial charge in [0.25, 0.3) is 0 Å². The van der Waals surface area contributed by atoms with Crippen molar-refractivity contribution < 1.29 is 17.9 Å². The molecule has 1 aromatic carbocycles. The first kappa shape index (κ1) is 13.2. The van der Waals surface area contributed by atoms with Gasteiger partial charge >= 0.3 is 6.18 Å². The molecule has 0 saturated carbocycles. The molecule has 1 N–H and O–H groups in total. The summed E-state index contributed by atoms with van der Waals surface area (Å²) in [6, 6.07) is 4.58. The van der Waals surface area contributed by atoms with Crippen LogP contribution in [0, 0.1) is 0 Å². The lowest BCUT2D eigenvalue weighted by molar-refractivity contribution is -0.138. The van der Waals surface area contributed by atoms with Crippen LogP contribution in [0.15, 0.2) is 18.2 Å². The fourth-order valence-electron chi connectivity index (χ4n) is 2.32. The summed E-state index contributed by atoms with van der Waals surface area (Å²) in [5.41, 5.74) is 0.00280. The lowest BCUT2D eigenvalue weighted by atomic mass is 10.0. The lowest BCUT2D eigenvalue weighted by Crippen LogP contribution is -2.23. The molecule has 2 nitrogen and oxygen atoms in total. The second kappa shape index (κ2) is 5.18. The Kier molecular flexibility index (Phi) is 3.80. The zero-order valence-electron chi connectivity index (χ0n) is 10.2. The van der Waals surface area contributed by atoms with Crippen molar-refractivity contribution in [3.63, 3.8) is 0 Å². The minimum atomic E-state index is -4.37. The van der Waals surface area contributed by atoms with Crippen LogP contribution in [0.25, 0.3) is 0 Å². The monoisotopic (exact) mass is 259 g/mol. The number of benzene rings is 1. The van der Waals surface area contributed by atoms with Gasteiger partial charge in [-0.1, -0.05) is 6.07 Å². The topological polar surface area (TPSA) is 21.3 Å². The molecule has 0 radical (unpaired) electrons. The van der Waals surface area contributed by atoms with Crippen LogP contribution in [0.3, 0.4) is 0 Å². The van der Waals surface area contributed by atoms with Gasteiger partial charge in [0.1, 0.15) is 5.75 Å². The van der Waals surface area contributed by atoms with E-state index in [-0.39, 0.29) is 5.75 Å². The second-order valence-corrected chi connectivity index (χ2v) is 4.53. The molecule has 5 heteroatoms. The molecular formula is C13H16F3NO. The number of methoxy groups -OCH3 is 1. The molecule has 1 aromatic rings. The number of hydrogen-bond acceptors (Lipinski definition) is 2. The van der Waals surface area contributed by atoms with E-state index in [4.69, 9.17) is 4.74 Å². The molecule has 0 amide bonds. The quantitative estimate of drug-likeness (QED) is 0.901.